The van der Waals surface area contributed by atoms with Crippen molar-refractivity contribution in [3.05, 3.63) is 71.3 Å². The number of nitrogens with zero attached hydrogens (tertiary/aromatic N) is 2. The average molecular weight is 476 g/mol. The number of hydrogen-bond acceptors (Lipinski definition) is 4. The van der Waals surface area contributed by atoms with Crippen LogP contribution in [0.3, 0.4) is 0 Å². The first-order valence-corrected chi connectivity index (χ1v) is 12.6. The normalized spacial score (nSPS) is 29.8. The molecule has 3 atom stereocenters. The van der Waals surface area contributed by atoms with Crippen molar-refractivity contribution in [1.82, 2.24) is 15.1 Å². The minimum absolute atomic E-state index is 0.0709. The highest BCUT2D eigenvalue weighted by molar-refractivity contribution is 6.03. The van der Waals surface area contributed by atoms with Crippen LogP contribution in [0.2, 0.25) is 0 Å². The summed E-state index contributed by atoms with van der Waals surface area (Å²) in [5.74, 6) is -0.234. The van der Waals surface area contributed by atoms with E-state index >= 15 is 0 Å². The third kappa shape index (κ3) is 3.82. The summed E-state index contributed by atoms with van der Waals surface area (Å²) in [6.07, 6.45) is 5.16. The highest BCUT2D eigenvalue weighted by atomic mass is 16.6. The first kappa shape index (κ1) is 23.5. The topological polar surface area (TPSA) is 79.0 Å². The number of benzene rings is 2. The molecule has 0 saturated carbocycles. The van der Waals surface area contributed by atoms with Gasteiger partial charge in [-0.3, -0.25) is 14.5 Å². The van der Waals surface area contributed by atoms with Gasteiger partial charge in [-0.25, -0.2) is 4.79 Å². The Hall–Kier alpha value is -3.19. The lowest BCUT2D eigenvalue weighted by Crippen LogP contribution is -2.84. The van der Waals surface area contributed by atoms with Gasteiger partial charge < -0.3 is 15.0 Å². The average Bonchev–Trinajstić information content (AvgIpc) is 2.87. The maximum Gasteiger partial charge on any atom is 0.327 e. The van der Waals surface area contributed by atoms with Gasteiger partial charge in [-0.15, -0.1) is 0 Å². The number of imide groups is 1. The fourth-order valence-electron chi connectivity index (χ4n) is 5.94. The van der Waals surface area contributed by atoms with E-state index in [2.05, 4.69) is 5.32 Å². The van der Waals surface area contributed by atoms with E-state index in [1.54, 1.807) is 7.05 Å². The van der Waals surface area contributed by atoms with Crippen molar-refractivity contribution < 1.29 is 19.1 Å². The molecule has 2 bridgehead atoms. The molecule has 184 valence electrons. The number of ether oxygens (including phenoxy) is 1. The van der Waals surface area contributed by atoms with Gasteiger partial charge in [0.25, 0.3) is 5.91 Å². The molecule has 2 aromatic carbocycles. The molecule has 4 amide bonds. The van der Waals surface area contributed by atoms with Gasteiger partial charge in [0.05, 0.1) is 0 Å². The number of rotatable bonds is 1. The van der Waals surface area contributed by atoms with Gasteiger partial charge in [0, 0.05) is 26.6 Å². The lowest BCUT2D eigenvalue weighted by atomic mass is 9.65. The van der Waals surface area contributed by atoms with Gasteiger partial charge in [0.1, 0.15) is 11.6 Å². The second-order valence-corrected chi connectivity index (χ2v) is 10.0. The molecule has 0 spiro atoms. The van der Waals surface area contributed by atoms with Crippen LogP contribution < -0.4 is 5.32 Å². The Balaban J connectivity index is 1.61. The molecule has 6 rings (SSSR count). The maximum absolute atomic E-state index is 13.5. The SMILES string of the molecule is CN1C(=O)N2CCCCCCCC(=O)NCc3ccc(cc3)[C@]3(c4ccccc4)O[C@](C)(C1=O)[C@H]23. The second kappa shape index (κ2) is 9.11. The summed E-state index contributed by atoms with van der Waals surface area (Å²) in [7, 11) is 1.54. The van der Waals surface area contributed by atoms with Gasteiger partial charge >= 0.3 is 6.03 Å². The molecule has 0 aromatic heterocycles. The predicted octanol–water partition coefficient (Wildman–Crippen LogP) is 3.95. The van der Waals surface area contributed by atoms with E-state index in [-0.39, 0.29) is 17.8 Å². The van der Waals surface area contributed by atoms with Gasteiger partial charge in [0.2, 0.25) is 5.91 Å². The number of urea groups is 1. The molecule has 2 saturated heterocycles. The van der Waals surface area contributed by atoms with Crippen molar-refractivity contribution in [2.24, 2.45) is 0 Å². The quantitative estimate of drug-likeness (QED) is 0.677. The molecule has 4 aliphatic heterocycles. The van der Waals surface area contributed by atoms with Gasteiger partial charge in [-0.2, -0.15) is 0 Å². The van der Waals surface area contributed by atoms with E-state index in [1.807, 2.05) is 66.4 Å². The molecule has 1 N–H and O–H groups in total. The molecule has 4 heterocycles. The summed E-state index contributed by atoms with van der Waals surface area (Å²) in [6, 6.07) is 17.1. The van der Waals surface area contributed by atoms with Crippen molar-refractivity contribution in [2.45, 2.75) is 69.2 Å². The summed E-state index contributed by atoms with van der Waals surface area (Å²) in [6.45, 7) is 2.82. The molecular formula is C28H33N3O4. The zero-order valence-corrected chi connectivity index (χ0v) is 20.5. The molecule has 4 aliphatic rings. The zero-order chi connectivity index (χ0) is 24.6. The summed E-state index contributed by atoms with van der Waals surface area (Å²) in [5, 5.41) is 3.01. The third-order valence-corrected chi connectivity index (χ3v) is 7.73. The Morgan fingerprint density at radius 1 is 0.886 bits per heavy atom. The van der Waals surface area contributed by atoms with Crippen LogP contribution in [0.15, 0.2) is 54.6 Å². The molecule has 35 heavy (non-hydrogen) atoms. The second-order valence-electron chi connectivity index (χ2n) is 10.0. The first-order valence-electron chi connectivity index (χ1n) is 12.6. The Kier molecular flexibility index (Phi) is 6.13. The number of fused-ring (bicyclic) bond motifs is 11. The molecule has 0 unspecified atom stereocenters. The van der Waals surface area contributed by atoms with Gasteiger partial charge in [-0.1, -0.05) is 73.9 Å². The predicted molar refractivity (Wildman–Crippen MR) is 131 cm³/mol. The summed E-state index contributed by atoms with van der Waals surface area (Å²) >= 11 is 0. The molecule has 7 heteroatoms. The molecular weight excluding hydrogens is 442 g/mol. The van der Waals surface area contributed by atoms with E-state index in [0.29, 0.717) is 19.5 Å². The summed E-state index contributed by atoms with van der Waals surface area (Å²) in [4.78, 5) is 42.1. The fourth-order valence-corrected chi connectivity index (χ4v) is 5.94. The molecule has 0 aliphatic carbocycles. The van der Waals surface area contributed by atoms with Crippen LogP contribution in [-0.4, -0.2) is 52.9 Å². The molecule has 7 nitrogen and oxygen atoms in total. The van der Waals surface area contributed by atoms with Crippen LogP contribution in [-0.2, 0) is 26.5 Å². The number of nitrogens with one attached hydrogen (secondary N) is 1. The number of amides is 4. The van der Waals surface area contributed by atoms with Crippen molar-refractivity contribution in [3.63, 3.8) is 0 Å². The number of likely N-dealkylation sites (N-methyl/N-ethyl adjacent to an activating group) is 1. The monoisotopic (exact) mass is 475 g/mol. The van der Waals surface area contributed by atoms with Crippen molar-refractivity contribution >= 4 is 17.8 Å². The minimum Gasteiger partial charge on any atom is -0.352 e. The number of hydrogen-bond donors (Lipinski definition) is 1. The Labute approximate surface area is 206 Å². The highest BCUT2D eigenvalue weighted by Crippen LogP contribution is 2.57. The lowest BCUT2D eigenvalue weighted by molar-refractivity contribution is -0.298. The number of carbonyl (C=O) groups is 3. The van der Waals surface area contributed by atoms with Crippen LogP contribution in [0.5, 0.6) is 0 Å². The maximum atomic E-state index is 13.5. The third-order valence-electron chi connectivity index (χ3n) is 7.73. The van der Waals surface area contributed by atoms with Gasteiger partial charge in [0.15, 0.2) is 5.60 Å². The van der Waals surface area contributed by atoms with Crippen molar-refractivity contribution in [3.8, 4) is 0 Å². The first-order chi connectivity index (χ1) is 16.9. The van der Waals surface area contributed by atoms with Crippen LogP contribution in [0.1, 0.15) is 62.1 Å². The van der Waals surface area contributed by atoms with Gasteiger partial charge in [-0.05, 0) is 36.5 Å². The van der Waals surface area contributed by atoms with Crippen LogP contribution in [0, 0.1) is 0 Å². The molecule has 0 radical (unpaired) electrons. The summed E-state index contributed by atoms with van der Waals surface area (Å²) < 4.78 is 6.67. The van der Waals surface area contributed by atoms with E-state index in [1.165, 1.54) is 4.90 Å². The van der Waals surface area contributed by atoms with Crippen LogP contribution in [0.4, 0.5) is 4.79 Å². The lowest BCUT2D eigenvalue weighted by Gasteiger charge is -2.66. The van der Waals surface area contributed by atoms with E-state index in [9.17, 15) is 14.4 Å². The summed E-state index contributed by atoms with van der Waals surface area (Å²) in [5.41, 5.74) is 0.702. The van der Waals surface area contributed by atoms with E-state index in [4.69, 9.17) is 4.74 Å². The highest BCUT2D eigenvalue weighted by Gasteiger charge is 2.73. The smallest absolute Gasteiger partial charge is 0.327 e. The van der Waals surface area contributed by atoms with Crippen molar-refractivity contribution in [2.75, 3.05) is 13.6 Å². The Morgan fingerprint density at radius 3 is 2.29 bits per heavy atom. The van der Waals surface area contributed by atoms with E-state index in [0.717, 1.165) is 48.8 Å². The fraction of sp³-hybridized carbons (Fsp3) is 0.464. The van der Waals surface area contributed by atoms with Crippen molar-refractivity contribution in [1.29, 1.82) is 0 Å². The standard InChI is InChI=1S/C28H33N3O4/c1-27-24-28(35-27,21-11-7-6-8-12-21)22-16-14-20(15-17-22)19-29-23(32)13-9-4-3-5-10-18-31(24)26(34)30(2)25(27)33/h6-8,11-12,14-17,24H,3-5,9-10,13,18-19H2,1-2H3,(H,29,32)/t24-,27-,28-/m0/s1. The largest absolute Gasteiger partial charge is 0.352 e. The minimum atomic E-state index is -1.13. The number of carbonyl (C=O) groups excluding carboxylic acids is 3. The Morgan fingerprint density at radius 2 is 1.54 bits per heavy atom. The zero-order valence-electron chi connectivity index (χ0n) is 20.5. The molecule has 2 fully saturated rings. The molecule has 2 aromatic rings. The van der Waals surface area contributed by atoms with Crippen LogP contribution >= 0.6 is 0 Å². The van der Waals surface area contributed by atoms with E-state index < -0.39 is 17.2 Å². The Bertz CT molecular complexity index is 1120. The van der Waals surface area contributed by atoms with Crippen LogP contribution in [0.25, 0.3) is 0 Å².